The van der Waals surface area contributed by atoms with E-state index in [9.17, 15) is 35.9 Å². The molecule has 210 valence electrons. The summed E-state index contributed by atoms with van der Waals surface area (Å²) in [6, 6.07) is 1.15. The number of anilines is 1. The third kappa shape index (κ3) is 8.81. The highest BCUT2D eigenvalue weighted by atomic mass is 19.4. The van der Waals surface area contributed by atoms with Gasteiger partial charge in [0.1, 0.15) is 0 Å². The van der Waals surface area contributed by atoms with E-state index in [2.05, 4.69) is 5.32 Å². The number of halogens is 6. The number of hydrogen-bond donors (Lipinski definition) is 2. The Morgan fingerprint density at radius 3 is 2.11 bits per heavy atom. The quantitative estimate of drug-likeness (QED) is 0.318. The lowest BCUT2D eigenvalue weighted by molar-refractivity contribution is -0.145. The molecule has 0 aromatic heterocycles. The molecule has 3 N–H and O–H groups in total. The number of alkyl halides is 6. The Balaban J connectivity index is 2.20. The lowest BCUT2D eigenvalue weighted by Crippen LogP contribution is -2.50. The molecule has 0 radical (unpaired) electrons. The molecular weight excluding hydrogens is 500 g/mol. The summed E-state index contributed by atoms with van der Waals surface area (Å²) >= 11 is 0. The van der Waals surface area contributed by atoms with Crippen molar-refractivity contribution in [2.75, 3.05) is 18.4 Å². The number of carbonyl (C=O) groups excluding carboxylic acids is 2. The molecule has 0 saturated carbocycles. The molecule has 2 amide bonds. The fourth-order valence-electron chi connectivity index (χ4n) is 5.04. The van der Waals surface area contributed by atoms with E-state index in [1.165, 1.54) is 0 Å². The lowest BCUT2D eigenvalue weighted by Gasteiger charge is -2.39. The molecule has 0 bridgehead atoms. The molecule has 0 aliphatic carbocycles. The molecule has 1 aliphatic heterocycles. The summed E-state index contributed by atoms with van der Waals surface area (Å²) in [4.78, 5) is 27.6. The summed E-state index contributed by atoms with van der Waals surface area (Å²) in [5, 5.41) is 2.69. The molecule has 0 spiro atoms. The zero-order valence-corrected chi connectivity index (χ0v) is 21.5. The van der Waals surface area contributed by atoms with Crippen LogP contribution in [0.1, 0.15) is 76.8 Å². The smallest absolute Gasteiger partial charge is 0.385 e. The van der Waals surface area contributed by atoms with Crippen molar-refractivity contribution in [2.45, 2.75) is 84.1 Å². The van der Waals surface area contributed by atoms with Crippen molar-refractivity contribution in [3.8, 4) is 0 Å². The number of primary amides is 1. The normalized spacial score (nSPS) is 18.5. The predicted molar refractivity (Wildman–Crippen MR) is 129 cm³/mol. The third-order valence-corrected chi connectivity index (χ3v) is 6.80. The van der Waals surface area contributed by atoms with Crippen molar-refractivity contribution in [3.63, 3.8) is 0 Å². The van der Waals surface area contributed by atoms with E-state index in [-0.39, 0.29) is 36.2 Å². The van der Waals surface area contributed by atoms with Gasteiger partial charge in [0, 0.05) is 36.7 Å². The van der Waals surface area contributed by atoms with Crippen LogP contribution in [0, 0.1) is 17.8 Å². The second-order valence-electron chi connectivity index (χ2n) is 10.2. The maximum Gasteiger partial charge on any atom is 0.416 e. The molecule has 5 nitrogen and oxygen atoms in total. The first kappa shape index (κ1) is 30.8. The van der Waals surface area contributed by atoms with Gasteiger partial charge in [0.05, 0.1) is 11.1 Å². The second kappa shape index (κ2) is 12.9. The van der Waals surface area contributed by atoms with Crippen LogP contribution in [0.15, 0.2) is 18.2 Å². The van der Waals surface area contributed by atoms with Gasteiger partial charge in [-0.15, -0.1) is 0 Å². The molecule has 2 rings (SSSR count). The molecule has 1 aromatic carbocycles. The minimum atomic E-state index is -4.93. The van der Waals surface area contributed by atoms with Gasteiger partial charge in [0.2, 0.25) is 11.8 Å². The molecule has 3 atom stereocenters. The maximum absolute atomic E-state index is 13.7. The number of likely N-dealkylation sites (tertiary alicyclic amines) is 1. The van der Waals surface area contributed by atoms with Crippen molar-refractivity contribution < 1.29 is 35.9 Å². The highest BCUT2D eigenvalue weighted by Crippen LogP contribution is 2.38. The molecular formula is C26H37F6N3O2. The Hall–Kier alpha value is -2.46. The van der Waals surface area contributed by atoms with E-state index in [0.29, 0.717) is 50.8 Å². The number of benzene rings is 1. The van der Waals surface area contributed by atoms with Crippen molar-refractivity contribution in [3.05, 3.63) is 29.3 Å². The van der Waals surface area contributed by atoms with Crippen molar-refractivity contribution in [2.24, 2.45) is 23.5 Å². The van der Waals surface area contributed by atoms with Gasteiger partial charge in [-0.3, -0.25) is 9.59 Å². The van der Waals surface area contributed by atoms with E-state index < -0.39 is 41.2 Å². The number of rotatable bonds is 11. The van der Waals surface area contributed by atoms with Crippen LogP contribution in [0.4, 0.5) is 32.0 Å². The molecule has 3 unspecified atom stereocenters. The summed E-state index contributed by atoms with van der Waals surface area (Å²) in [7, 11) is 0. The molecule has 1 heterocycles. The first-order chi connectivity index (χ1) is 17.1. The fraction of sp³-hybridized carbons (Fsp3) is 0.692. The molecule has 1 aromatic rings. The zero-order chi connectivity index (χ0) is 28.0. The largest absolute Gasteiger partial charge is 0.416 e. The summed E-state index contributed by atoms with van der Waals surface area (Å²) < 4.78 is 79.0. The van der Waals surface area contributed by atoms with Gasteiger partial charge < -0.3 is 16.0 Å². The van der Waals surface area contributed by atoms with Crippen LogP contribution in [-0.2, 0) is 21.9 Å². The first-order valence-corrected chi connectivity index (χ1v) is 12.8. The van der Waals surface area contributed by atoms with Gasteiger partial charge in [-0.2, -0.15) is 26.3 Å². The molecule has 1 fully saturated rings. The average molecular weight is 538 g/mol. The van der Waals surface area contributed by atoms with E-state index >= 15 is 0 Å². The van der Waals surface area contributed by atoms with Gasteiger partial charge in [0.25, 0.3) is 0 Å². The zero-order valence-electron chi connectivity index (χ0n) is 21.5. The van der Waals surface area contributed by atoms with Crippen LogP contribution in [-0.4, -0.2) is 35.8 Å². The number of hydrogen-bond acceptors (Lipinski definition) is 3. The van der Waals surface area contributed by atoms with Crippen LogP contribution < -0.4 is 11.1 Å². The summed E-state index contributed by atoms with van der Waals surface area (Å²) in [5.74, 6) is -1.67. The van der Waals surface area contributed by atoms with E-state index in [0.717, 1.165) is 12.8 Å². The summed E-state index contributed by atoms with van der Waals surface area (Å²) in [5.41, 5.74) is 2.59. The number of amides is 2. The van der Waals surface area contributed by atoms with Crippen LogP contribution in [0.3, 0.4) is 0 Å². The monoisotopic (exact) mass is 537 g/mol. The highest BCUT2D eigenvalue weighted by molar-refractivity contribution is 5.87. The molecule has 11 heteroatoms. The van der Waals surface area contributed by atoms with Gasteiger partial charge in [-0.25, -0.2) is 0 Å². The number of piperidine rings is 1. The third-order valence-electron chi connectivity index (χ3n) is 6.80. The van der Waals surface area contributed by atoms with Gasteiger partial charge in [0.15, 0.2) is 0 Å². The summed E-state index contributed by atoms with van der Waals surface area (Å²) in [6.45, 7) is 6.41. The number of nitrogens with one attached hydrogen (secondary N) is 1. The predicted octanol–water partition coefficient (Wildman–Crippen LogP) is 6.47. The lowest BCUT2D eigenvalue weighted by atomic mass is 9.80. The molecule has 1 saturated heterocycles. The Morgan fingerprint density at radius 1 is 1.03 bits per heavy atom. The van der Waals surface area contributed by atoms with Gasteiger partial charge in [-0.05, 0) is 62.6 Å². The average Bonchev–Trinajstić information content (AvgIpc) is 2.79. The Kier molecular flexibility index (Phi) is 10.7. The van der Waals surface area contributed by atoms with Crippen molar-refractivity contribution in [1.82, 2.24) is 4.90 Å². The van der Waals surface area contributed by atoms with Crippen LogP contribution in [0.5, 0.6) is 0 Å². The maximum atomic E-state index is 13.7. The second-order valence-corrected chi connectivity index (χ2v) is 10.2. The Morgan fingerprint density at radius 2 is 1.62 bits per heavy atom. The van der Waals surface area contributed by atoms with Gasteiger partial charge >= 0.3 is 12.4 Å². The van der Waals surface area contributed by atoms with Crippen LogP contribution in [0.2, 0.25) is 0 Å². The highest BCUT2D eigenvalue weighted by Gasteiger charge is 2.39. The topological polar surface area (TPSA) is 75.4 Å². The Labute approximate surface area is 214 Å². The van der Waals surface area contributed by atoms with E-state index in [1.54, 1.807) is 4.90 Å². The van der Waals surface area contributed by atoms with E-state index in [4.69, 9.17) is 5.73 Å². The minimum Gasteiger partial charge on any atom is -0.385 e. The first-order valence-electron chi connectivity index (χ1n) is 12.8. The number of carbonyl (C=O) groups is 2. The van der Waals surface area contributed by atoms with Crippen LogP contribution in [0.25, 0.3) is 0 Å². The van der Waals surface area contributed by atoms with Crippen molar-refractivity contribution in [1.29, 1.82) is 0 Å². The number of nitrogens with zero attached hydrogens (tertiary/aromatic N) is 1. The molecule has 37 heavy (non-hydrogen) atoms. The van der Waals surface area contributed by atoms with Crippen molar-refractivity contribution >= 4 is 17.5 Å². The fourth-order valence-corrected chi connectivity index (χ4v) is 5.04. The molecule has 1 aliphatic rings. The summed E-state index contributed by atoms with van der Waals surface area (Å²) in [6.07, 6.45) is -5.54. The van der Waals surface area contributed by atoms with E-state index in [1.807, 2.05) is 20.8 Å². The van der Waals surface area contributed by atoms with Crippen LogP contribution >= 0.6 is 0 Å². The van der Waals surface area contributed by atoms with Gasteiger partial charge in [-0.1, -0.05) is 27.2 Å². The number of nitrogens with two attached hydrogens (primary N) is 1. The standard InChI is InChI=1S/C26H37F6N3O2/c1-4-7-21(23(33)36)22(12-16(2)3)24(37)35-11-6-5-8-20(35)9-10-34-19-14-17(25(27,28)29)13-18(15-19)26(30,31)32/h13-16,20-22,34H,4-12H2,1-3H3,(H2,33,36). The Bertz CT molecular complexity index is 884. The minimum absolute atomic E-state index is 0.0795. The SMILES string of the molecule is CCCC(C(N)=O)C(CC(C)C)C(=O)N1CCCCC1CCNc1cc(C(F)(F)F)cc(C(F)(F)F)c1.